The Hall–Kier alpha value is -2.20. The summed E-state index contributed by atoms with van der Waals surface area (Å²) in [6.45, 7) is 3.24. The molecule has 0 unspecified atom stereocenters. The highest BCUT2D eigenvalue weighted by atomic mass is 35.5. The number of methoxy groups -OCH3 is 1. The lowest BCUT2D eigenvalue weighted by Crippen LogP contribution is -2.51. The molecule has 2 aromatic rings. The van der Waals surface area contributed by atoms with E-state index in [1.54, 1.807) is 7.11 Å². The molecule has 5 heteroatoms. The highest BCUT2D eigenvalue weighted by Gasteiger charge is 2.53. The molecule has 0 spiro atoms. The molecule has 0 atom stereocenters. The molecule has 1 saturated carbocycles. The minimum atomic E-state index is -0.313. The van der Waals surface area contributed by atoms with Crippen molar-refractivity contribution >= 4 is 23.2 Å². The first-order valence-electron chi connectivity index (χ1n) is 9.07. The molecule has 1 aliphatic carbocycles. The van der Waals surface area contributed by atoms with Crippen molar-refractivity contribution in [2.75, 3.05) is 38.2 Å². The molecule has 0 aromatic heterocycles. The number of nitrogens with zero attached hydrogens (tertiary/aromatic N) is 2. The lowest BCUT2D eigenvalue weighted by atomic mass is 9.94. The third kappa shape index (κ3) is 3.14. The van der Waals surface area contributed by atoms with E-state index in [-0.39, 0.29) is 11.3 Å². The maximum atomic E-state index is 13.2. The van der Waals surface area contributed by atoms with Gasteiger partial charge in [0.15, 0.2) is 0 Å². The lowest BCUT2D eigenvalue weighted by molar-refractivity contribution is -0.134. The second-order valence-electron chi connectivity index (χ2n) is 7.07. The summed E-state index contributed by atoms with van der Waals surface area (Å²) in [5, 5.41) is 0.713. The molecule has 0 bridgehead atoms. The second kappa shape index (κ2) is 6.84. The highest BCUT2D eigenvalue weighted by Crippen LogP contribution is 2.49. The topological polar surface area (TPSA) is 32.8 Å². The Morgan fingerprint density at radius 1 is 0.962 bits per heavy atom. The molecule has 136 valence electrons. The smallest absolute Gasteiger partial charge is 0.233 e. The second-order valence-corrected chi connectivity index (χ2v) is 7.50. The quantitative estimate of drug-likeness (QED) is 0.822. The molecule has 1 aliphatic heterocycles. The fraction of sp³-hybridized carbons (Fsp3) is 0.381. The number of hydrogen-bond donors (Lipinski definition) is 0. The number of carbonyl (C=O) groups is 1. The summed E-state index contributed by atoms with van der Waals surface area (Å²) < 4.78 is 5.22. The summed E-state index contributed by atoms with van der Waals surface area (Å²) in [6.07, 6.45) is 1.87. The van der Waals surface area contributed by atoms with Crippen molar-refractivity contribution in [2.24, 2.45) is 0 Å². The van der Waals surface area contributed by atoms with E-state index in [0.29, 0.717) is 5.02 Å². The molecule has 26 heavy (non-hydrogen) atoms. The SMILES string of the molecule is COc1ccc(N2CCN(C(=O)C3(c4ccc(Cl)cc4)CC3)CC2)cc1. The van der Waals surface area contributed by atoms with E-state index < -0.39 is 0 Å². The average Bonchev–Trinajstić information content (AvgIpc) is 3.50. The van der Waals surface area contributed by atoms with E-state index >= 15 is 0 Å². The van der Waals surface area contributed by atoms with Crippen molar-refractivity contribution in [1.82, 2.24) is 4.90 Å². The first kappa shape index (κ1) is 17.2. The van der Waals surface area contributed by atoms with Crippen LogP contribution in [0.4, 0.5) is 5.69 Å². The number of anilines is 1. The molecule has 0 radical (unpaired) electrons. The number of benzene rings is 2. The minimum absolute atomic E-state index is 0.272. The number of hydrogen-bond acceptors (Lipinski definition) is 3. The van der Waals surface area contributed by atoms with E-state index in [1.165, 1.54) is 5.69 Å². The maximum Gasteiger partial charge on any atom is 0.233 e. The van der Waals surface area contributed by atoms with Crippen molar-refractivity contribution in [3.8, 4) is 5.75 Å². The summed E-state index contributed by atoms with van der Waals surface area (Å²) in [4.78, 5) is 17.5. The van der Waals surface area contributed by atoms with E-state index in [4.69, 9.17) is 16.3 Å². The summed E-state index contributed by atoms with van der Waals surface area (Å²) in [5.41, 5.74) is 1.97. The highest BCUT2D eigenvalue weighted by molar-refractivity contribution is 6.30. The van der Waals surface area contributed by atoms with Crippen LogP contribution in [0.15, 0.2) is 48.5 Å². The van der Waals surface area contributed by atoms with Gasteiger partial charge in [-0.3, -0.25) is 4.79 Å². The number of rotatable bonds is 4. The van der Waals surface area contributed by atoms with Gasteiger partial charge in [-0.25, -0.2) is 0 Å². The van der Waals surface area contributed by atoms with Gasteiger partial charge in [0.2, 0.25) is 5.91 Å². The zero-order valence-electron chi connectivity index (χ0n) is 15.0. The molecule has 2 aliphatic rings. The summed E-state index contributed by atoms with van der Waals surface area (Å²) in [6, 6.07) is 15.9. The molecule has 4 nitrogen and oxygen atoms in total. The van der Waals surface area contributed by atoms with Gasteiger partial charge in [0.1, 0.15) is 5.75 Å². The largest absolute Gasteiger partial charge is 0.497 e. The van der Waals surface area contributed by atoms with Crippen LogP contribution >= 0.6 is 11.6 Å². The zero-order chi connectivity index (χ0) is 18.1. The van der Waals surface area contributed by atoms with E-state index in [1.807, 2.05) is 41.3 Å². The summed E-state index contributed by atoms with van der Waals surface area (Å²) in [5.74, 6) is 1.13. The Kier molecular flexibility index (Phi) is 4.53. The van der Waals surface area contributed by atoms with Gasteiger partial charge in [0.05, 0.1) is 12.5 Å². The zero-order valence-corrected chi connectivity index (χ0v) is 15.7. The number of piperazine rings is 1. The molecular weight excluding hydrogens is 348 g/mol. The van der Waals surface area contributed by atoms with Crippen molar-refractivity contribution in [2.45, 2.75) is 18.3 Å². The molecule has 1 heterocycles. The van der Waals surface area contributed by atoms with Gasteiger partial charge in [-0.15, -0.1) is 0 Å². The normalized spacial score (nSPS) is 18.5. The fourth-order valence-electron chi connectivity index (χ4n) is 3.78. The third-order valence-corrected chi connectivity index (χ3v) is 5.81. The van der Waals surface area contributed by atoms with Gasteiger partial charge in [-0.2, -0.15) is 0 Å². The average molecular weight is 371 g/mol. The first-order valence-corrected chi connectivity index (χ1v) is 9.45. The summed E-state index contributed by atoms with van der Waals surface area (Å²) >= 11 is 6.00. The Morgan fingerprint density at radius 3 is 2.12 bits per heavy atom. The Bertz CT molecular complexity index is 777. The van der Waals surface area contributed by atoms with Crippen LogP contribution in [0.3, 0.4) is 0 Å². The summed E-state index contributed by atoms with van der Waals surface area (Å²) in [7, 11) is 1.67. The van der Waals surface area contributed by atoms with Crippen LogP contribution in [0.5, 0.6) is 5.75 Å². The van der Waals surface area contributed by atoms with Crippen molar-refractivity contribution < 1.29 is 9.53 Å². The maximum absolute atomic E-state index is 13.2. The molecule has 0 N–H and O–H groups in total. The number of carbonyl (C=O) groups excluding carboxylic acids is 1. The lowest BCUT2D eigenvalue weighted by Gasteiger charge is -2.38. The van der Waals surface area contributed by atoms with Crippen LogP contribution in [0.2, 0.25) is 5.02 Å². The van der Waals surface area contributed by atoms with Gasteiger partial charge >= 0.3 is 0 Å². The van der Waals surface area contributed by atoms with E-state index in [9.17, 15) is 4.79 Å². The molecule has 4 rings (SSSR count). The van der Waals surface area contributed by atoms with Gasteiger partial charge in [0, 0.05) is 36.9 Å². The number of halogens is 1. The monoisotopic (exact) mass is 370 g/mol. The van der Waals surface area contributed by atoms with Crippen LogP contribution < -0.4 is 9.64 Å². The van der Waals surface area contributed by atoms with Crippen molar-refractivity contribution in [3.05, 3.63) is 59.1 Å². The molecule has 2 aromatic carbocycles. The molecular formula is C21H23ClN2O2. The third-order valence-electron chi connectivity index (χ3n) is 5.56. The predicted molar refractivity (Wildman–Crippen MR) is 104 cm³/mol. The van der Waals surface area contributed by atoms with Gasteiger partial charge in [-0.1, -0.05) is 23.7 Å². The molecule has 1 amide bonds. The minimum Gasteiger partial charge on any atom is -0.497 e. The Balaban J connectivity index is 1.41. The number of ether oxygens (including phenoxy) is 1. The molecule has 2 fully saturated rings. The van der Waals surface area contributed by atoms with E-state index in [2.05, 4.69) is 17.0 Å². The van der Waals surface area contributed by atoms with Crippen LogP contribution in [-0.4, -0.2) is 44.1 Å². The Labute approximate surface area is 159 Å². The molecule has 1 saturated heterocycles. The van der Waals surface area contributed by atoms with Gasteiger partial charge in [-0.05, 0) is 54.8 Å². The fourth-order valence-corrected chi connectivity index (χ4v) is 3.91. The van der Waals surface area contributed by atoms with E-state index in [0.717, 1.165) is 50.3 Å². The van der Waals surface area contributed by atoms with Crippen LogP contribution in [-0.2, 0) is 10.2 Å². The van der Waals surface area contributed by atoms with Gasteiger partial charge < -0.3 is 14.5 Å². The standard InChI is InChI=1S/C21H23ClN2O2/c1-26-19-8-6-18(7-9-19)23-12-14-24(15-13-23)20(25)21(10-11-21)16-2-4-17(22)5-3-16/h2-9H,10-15H2,1H3. The van der Waals surface area contributed by atoms with Crippen LogP contribution in [0.1, 0.15) is 18.4 Å². The first-order chi connectivity index (χ1) is 12.6. The van der Waals surface area contributed by atoms with Crippen molar-refractivity contribution in [1.29, 1.82) is 0 Å². The van der Waals surface area contributed by atoms with Crippen molar-refractivity contribution in [3.63, 3.8) is 0 Å². The predicted octanol–water partition coefficient (Wildman–Crippen LogP) is 3.73. The van der Waals surface area contributed by atoms with Gasteiger partial charge in [0.25, 0.3) is 0 Å². The van der Waals surface area contributed by atoms with Crippen LogP contribution in [0, 0.1) is 0 Å². The Morgan fingerprint density at radius 2 is 1.58 bits per heavy atom. The van der Waals surface area contributed by atoms with Crippen LogP contribution in [0.25, 0.3) is 0 Å². The number of amides is 1.